The van der Waals surface area contributed by atoms with Crippen LogP contribution in [0.1, 0.15) is 10.4 Å². The number of hydrogen-bond acceptors (Lipinski definition) is 4. The molecule has 3 nitrogen and oxygen atoms in total. The highest BCUT2D eigenvalue weighted by atomic mass is 79.9. The van der Waals surface area contributed by atoms with Gasteiger partial charge in [0.25, 0.3) is 0 Å². The average molecular weight is 324 g/mol. The van der Waals surface area contributed by atoms with Crippen molar-refractivity contribution in [2.45, 2.75) is 0 Å². The van der Waals surface area contributed by atoms with Crippen LogP contribution in [-0.4, -0.2) is 18.2 Å². The molecule has 3 rings (SSSR count). The van der Waals surface area contributed by atoms with Gasteiger partial charge in [-0.05, 0) is 39.7 Å². The summed E-state index contributed by atoms with van der Waals surface area (Å²) in [7, 11) is 0. The normalized spacial score (nSPS) is 14.1. The minimum absolute atomic E-state index is 0.616. The Hall–Kier alpha value is -1.33. The molecule has 0 atom stereocenters. The van der Waals surface area contributed by atoms with E-state index in [4.69, 9.17) is 9.47 Å². The number of hydrogen-bond donors (Lipinski definition) is 0. The van der Waals surface area contributed by atoms with Crippen molar-refractivity contribution in [3.8, 4) is 11.5 Å². The number of ether oxygens (including phenoxy) is 2. The van der Waals surface area contributed by atoms with Crippen LogP contribution in [0.5, 0.6) is 11.5 Å². The van der Waals surface area contributed by atoms with E-state index in [1.165, 1.54) is 0 Å². The van der Waals surface area contributed by atoms with E-state index in [0.717, 1.165) is 26.5 Å². The fourth-order valence-corrected chi connectivity index (χ4v) is 2.90. The summed E-state index contributed by atoms with van der Waals surface area (Å²) in [6, 6.07) is 3.92. The number of nitrogens with zero attached hydrogens (tertiary/aromatic N) is 1. The molecule has 0 spiro atoms. The van der Waals surface area contributed by atoms with E-state index < -0.39 is 0 Å². The minimum Gasteiger partial charge on any atom is -0.485 e. The monoisotopic (exact) mass is 323 g/mol. The topological polar surface area (TPSA) is 31.4 Å². The van der Waals surface area contributed by atoms with Gasteiger partial charge in [0.2, 0.25) is 0 Å². The fraction of sp³-hybridized carbons (Fsp3) is 0.154. The standard InChI is InChI=1S/C13H10BrNO2S/c14-12-7-9(3-4-15-12)1-2-11-13-10(8-18-11)16-5-6-17-13/h1-4,7-8H,5-6H2/b2-1+. The van der Waals surface area contributed by atoms with Crippen molar-refractivity contribution in [1.82, 2.24) is 4.98 Å². The van der Waals surface area contributed by atoms with E-state index in [0.29, 0.717) is 13.2 Å². The van der Waals surface area contributed by atoms with E-state index in [2.05, 4.69) is 20.9 Å². The summed E-state index contributed by atoms with van der Waals surface area (Å²) in [6.45, 7) is 1.25. The lowest BCUT2D eigenvalue weighted by Gasteiger charge is -2.15. The highest BCUT2D eigenvalue weighted by molar-refractivity contribution is 9.10. The molecule has 0 aliphatic carbocycles. The van der Waals surface area contributed by atoms with E-state index in [-0.39, 0.29) is 0 Å². The summed E-state index contributed by atoms with van der Waals surface area (Å²) in [5.74, 6) is 1.71. The van der Waals surface area contributed by atoms with Crippen LogP contribution in [-0.2, 0) is 0 Å². The second-order valence-electron chi connectivity index (χ2n) is 3.74. The first kappa shape index (κ1) is 11.7. The van der Waals surface area contributed by atoms with Crippen LogP contribution in [0.4, 0.5) is 0 Å². The first-order valence-corrected chi connectivity index (χ1v) is 7.17. The van der Waals surface area contributed by atoms with Gasteiger partial charge in [-0.1, -0.05) is 6.08 Å². The number of halogens is 1. The zero-order valence-electron chi connectivity index (χ0n) is 9.43. The molecule has 3 heterocycles. The molecule has 2 aromatic rings. The molecule has 0 amide bonds. The van der Waals surface area contributed by atoms with Crippen molar-refractivity contribution in [3.05, 3.63) is 38.8 Å². The van der Waals surface area contributed by atoms with Crippen LogP contribution in [0.15, 0.2) is 28.3 Å². The van der Waals surface area contributed by atoms with Gasteiger partial charge < -0.3 is 9.47 Å². The lowest BCUT2D eigenvalue weighted by Crippen LogP contribution is -2.14. The van der Waals surface area contributed by atoms with Crippen LogP contribution in [0.2, 0.25) is 0 Å². The third-order valence-corrected chi connectivity index (χ3v) is 3.85. The van der Waals surface area contributed by atoms with Gasteiger partial charge in [-0.15, -0.1) is 11.3 Å². The van der Waals surface area contributed by atoms with Gasteiger partial charge in [-0.2, -0.15) is 0 Å². The average Bonchev–Trinajstić information content (AvgIpc) is 2.80. The predicted octanol–water partition coefficient (Wildman–Crippen LogP) is 3.85. The van der Waals surface area contributed by atoms with Crippen molar-refractivity contribution < 1.29 is 9.47 Å². The molecule has 1 aliphatic rings. The SMILES string of the molecule is Brc1cc(/C=C/c2scc3c2OCCO3)ccn1. The summed E-state index contributed by atoms with van der Waals surface area (Å²) >= 11 is 4.98. The van der Waals surface area contributed by atoms with Gasteiger partial charge in [-0.25, -0.2) is 4.98 Å². The van der Waals surface area contributed by atoms with Gasteiger partial charge in [0.1, 0.15) is 17.8 Å². The highest BCUT2D eigenvalue weighted by Crippen LogP contribution is 2.40. The molecule has 0 bridgehead atoms. The Morgan fingerprint density at radius 1 is 1.28 bits per heavy atom. The Kier molecular flexibility index (Phi) is 3.34. The predicted molar refractivity (Wildman–Crippen MR) is 76.2 cm³/mol. The van der Waals surface area contributed by atoms with Gasteiger partial charge in [-0.3, -0.25) is 0 Å². The smallest absolute Gasteiger partial charge is 0.179 e. The van der Waals surface area contributed by atoms with Crippen molar-refractivity contribution in [2.24, 2.45) is 0 Å². The van der Waals surface area contributed by atoms with Crippen molar-refractivity contribution in [3.63, 3.8) is 0 Å². The van der Waals surface area contributed by atoms with Crippen LogP contribution in [0, 0.1) is 0 Å². The summed E-state index contributed by atoms with van der Waals surface area (Å²) in [6.07, 6.45) is 5.85. The largest absolute Gasteiger partial charge is 0.485 e. The molecule has 0 aromatic carbocycles. The number of rotatable bonds is 2. The Morgan fingerprint density at radius 3 is 3.06 bits per heavy atom. The summed E-state index contributed by atoms with van der Waals surface area (Å²) < 4.78 is 12.0. The molecule has 0 radical (unpaired) electrons. The van der Waals surface area contributed by atoms with Crippen LogP contribution in [0.3, 0.4) is 0 Å². The number of pyridine rings is 1. The molecular formula is C13H10BrNO2S. The number of fused-ring (bicyclic) bond motifs is 1. The second-order valence-corrected chi connectivity index (χ2v) is 5.46. The van der Waals surface area contributed by atoms with E-state index in [1.807, 2.05) is 29.7 Å². The third-order valence-electron chi connectivity index (χ3n) is 2.51. The first-order chi connectivity index (χ1) is 8.83. The van der Waals surface area contributed by atoms with Crippen LogP contribution >= 0.6 is 27.3 Å². The summed E-state index contributed by atoms with van der Waals surface area (Å²) in [5, 5.41) is 1.98. The van der Waals surface area contributed by atoms with Crippen LogP contribution < -0.4 is 9.47 Å². The molecule has 0 saturated carbocycles. The lowest BCUT2D eigenvalue weighted by atomic mass is 10.2. The maximum atomic E-state index is 5.62. The van der Waals surface area contributed by atoms with Crippen molar-refractivity contribution in [1.29, 1.82) is 0 Å². The minimum atomic E-state index is 0.616. The molecular weight excluding hydrogens is 314 g/mol. The van der Waals surface area contributed by atoms with E-state index in [1.54, 1.807) is 17.5 Å². The van der Waals surface area contributed by atoms with E-state index >= 15 is 0 Å². The molecule has 2 aromatic heterocycles. The van der Waals surface area contributed by atoms with Gasteiger partial charge in [0.05, 0.1) is 4.88 Å². The van der Waals surface area contributed by atoms with E-state index in [9.17, 15) is 0 Å². The van der Waals surface area contributed by atoms with Crippen LogP contribution in [0.25, 0.3) is 12.2 Å². The summed E-state index contributed by atoms with van der Waals surface area (Å²) in [4.78, 5) is 5.18. The second kappa shape index (κ2) is 5.12. The number of thiophene rings is 1. The fourth-order valence-electron chi connectivity index (χ4n) is 1.69. The molecule has 0 N–H and O–H groups in total. The molecule has 0 unspecified atom stereocenters. The maximum absolute atomic E-state index is 5.62. The quantitative estimate of drug-likeness (QED) is 0.787. The van der Waals surface area contributed by atoms with Crippen molar-refractivity contribution >= 4 is 39.4 Å². The Labute approximate surface area is 117 Å². The zero-order chi connectivity index (χ0) is 12.4. The summed E-state index contributed by atoms with van der Waals surface area (Å²) in [5.41, 5.74) is 1.09. The third kappa shape index (κ3) is 2.42. The molecule has 18 heavy (non-hydrogen) atoms. The highest BCUT2D eigenvalue weighted by Gasteiger charge is 2.16. The van der Waals surface area contributed by atoms with Gasteiger partial charge >= 0.3 is 0 Å². The number of aromatic nitrogens is 1. The molecule has 92 valence electrons. The Morgan fingerprint density at radius 2 is 2.17 bits per heavy atom. The first-order valence-electron chi connectivity index (χ1n) is 5.49. The molecule has 0 saturated heterocycles. The zero-order valence-corrected chi connectivity index (χ0v) is 11.8. The Balaban J connectivity index is 1.86. The molecule has 0 fully saturated rings. The maximum Gasteiger partial charge on any atom is 0.179 e. The lowest BCUT2D eigenvalue weighted by molar-refractivity contribution is 0.173. The molecule has 5 heteroatoms. The van der Waals surface area contributed by atoms with Crippen molar-refractivity contribution in [2.75, 3.05) is 13.2 Å². The molecule has 1 aliphatic heterocycles. The van der Waals surface area contributed by atoms with Gasteiger partial charge in [0, 0.05) is 11.6 Å². The van der Waals surface area contributed by atoms with Gasteiger partial charge in [0.15, 0.2) is 11.5 Å². The Bertz CT molecular complexity index is 594.